The van der Waals surface area contributed by atoms with Crippen LogP contribution in [-0.4, -0.2) is 23.0 Å². The molecular weight excluding hydrogens is 276 g/mol. The largest absolute Gasteiger partial charge is 0.357 e. The average Bonchev–Trinajstić information content (AvgIpc) is 2.71. The Labute approximate surface area is 110 Å². The molecule has 3 heteroatoms. The number of halogens is 1. The molecule has 90 valence electrons. The van der Waals surface area contributed by atoms with Crippen molar-refractivity contribution in [1.82, 2.24) is 9.88 Å². The summed E-state index contributed by atoms with van der Waals surface area (Å²) in [6.07, 6.45) is 4.10. The van der Waals surface area contributed by atoms with Gasteiger partial charge in [-0.2, -0.15) is 0 Å². The molecule has 0 aliphatic carbocycles. The highest BCUT2D eigenvalue weighted by atomic mass is 79.9. The van der Waals surface area contributed by atoms with Crippen molar-refractivity contribution < 1.29 is 0 Å². The third-order valence-electron chi connectivity index (χ3n) is 3.48. The monoisotopic (exact) mass is 292 g/mol. The molecule has 0 unspecified atom stereocenters. The van der Waals surface area contributed by atoms with E-state index < -0.39 is 0 Å². The summed E-state index contributed by atoms with van der Waals surface area (Å²) in [6, 6.07) is 8.67. The van der Waals surface area contributed by atoms with E-state index in [9.17, 15) is 0 Å². The second-order valence-corrected chi connectivity index (χ2v) is 5.78. The van der Waals surface area contributed by atoms with E-state index in [4.69, 9.17) is 0 Å². The molecule has 1 fully saturated rings. The fourth-order valence-electron chi connectivity index (χ4n) is 2.61. The number of H-pyrrole nitrogens is 1. The third kappa shape index (κ3) is 2.55. The number of nitrogens with one attached hydrogen (secondary N) is 1. The Kier molecular flexibility index (Phi) is 3.21. The van der Waals surface area contributed by atoms with E-state index >= 15 is 0 Å². The Morgan fingerprint density at radius 2 is 1.94 bits per heavy atom. The summed E-state index contributed by atoms with van der Waals surface area (Å²) >= 11 is 3.52. The first kappa shape index (κ1) is 11.3. The lowest BCUT2D eigenvalue weighted by atomic mass is 10.1. The molecule has 1 N–H and O–H groups in total. The van der Waals surface area contributed by atoms with Gasteiger partial charge in [0.2, 0.25) is 0 Å². The summed E-state index contributed by atoms with van der Waals surface area (Å²) in [6.45, 7) is 3.56. The first-order valence-electron chi connectivity index (χ1n) is 6.31. The lowest BCUT2D eigenvalue weighted by Crippen LogP contribution is -2.29. The predicted molar refractivity (Wildman–Crippen MR) is 75.1 cm³/mol. The van der Waals surface area contributed by atoms with Crippen LogP contribution in [0.25, 0.3) is 10.9 Å². The van der Waals surface area contributed by atoms with E-state index in [2.05, 4.69) is 50.1 Å². The molecule has 0 spiro atoms. The van der Waals surface area contributed by atoms with Crippen molar-refractivity contribution in [3.63, 3.8) is 0 Å². The van der Waals surface area contributed by atoms with Crippen molar-refractivity contribution in [3.8, 4) is 0 Å². The van der Waals surface area contributed by atoms with Gasteiger partial charge in [-0.3, -0.25) is 4.90 Å². The lowest BCUT2D eigenvalue weighted by molar-refractivity contribution is 0.219. The number of fused-ring (bicyclic) bond motifs is 1. The first-order chi connectivity index (χ1) is 8.31. The molecule has 1 saturated heterocycles. The molecule has 3 rings (SSSR count). The lowest BCUT2D eigenvalue weighted by Gasteiger charge is -2.25. The van der Waals surface area contributed by atoms with E-state index in [-0.39, 0.29) is 0 Å². The zero-order valence-electron chi connectivity index (χ0n) is 9.88. The van der Waals surface area contributed by atoms with E-state index in [0.717, 1.165) is 11.0 Å². The van der Waals surface area contributed by atoms with Crippen molar-refractivity contribution in [3.05, 3.63) is 34.4 Å². The van der Waals surface area contributed by atoms with Crippen LogP contribution < -0.4 is 0 Å². The molecule has 0 radical (unpaired) electrons. The molecule has 17 heavy (non-hydrogen) atoms. The number of aromatic nitrogens is 1. The van der Waals surface area contributed by atoms with Crippen molar-refractivity contribution >= 4 is 26.8 Å². The highest BCUT2D eigenvalue weighted by molar-refractivity contribution is 9.10. The number of rotatable bonds is 2. The smallest absolute Gasteiger partial charge is 0.0457 e. The molecule has 1 aromatic carbocycles. The van der Waals surface area contributed by atoms with Crippen LogP contribution in [0.4, 0.5) is 0 Å². The number of benzene rings is 1. The van der Waals surface area contributed by atoms with Crippen LogP contribution in [0.2, 0.25) is 0 Å². The Balaban J connectivity index is 1.80. The third-order valence-corrected chi connectivity index (χ3v) is 3.97. The molecule has 0 amide bonds. The van der Waals surface area contributed by atoms with Crippen LogP contribution in [-0.2, 0) is 6.54 Å². The molecular formula is C14H17BrN2. The number of hydrogen-bond acceptors (Lipinski definition) is 1. The van der Waals surface area contributed by atoms with E-state index in [1.54, 1.807) is 0 Å². The van der Waals surface area contributed by atoms with Gasteiger partial charge in [0.1, 0.15) is 0 Å². The number of likely N-dealkylation sites (tertiary alicyclic amines) is 1. The summed E-state index contributed by atoms with van der Waals surface area (Å²) in [5.41, 5.74) is 2.57. The van der Waals surface area contributed by atoms with Crippen LogP contribution in [0.5, 0.6) is 0 Å². The van der Waals surface area contributed by atoms with Gasteiger partial charge in [-0.25, -0.2) is 0 Å². The Hall–Kier alpha value is -0.800. The molecule has 1 aromatic heterocycles. The zero-order chi connectivity index (χ0) is 11.7. The molecule has 2 nitrogen and oxygen atoms in total. The SMILES string of the molecule is Brc1ccc2[nH]c(CN3CCCCC3)cc2c1. The predicted octanol–water partition coefficient (Wildman–Crippen LogP) is 3.92. The second-order valence-electron chi connectivity index (χ2n) is 4.86. The van der Waals surface area contributed by atoms with Crippen LogP contribution in [0.1, 0.15) is 25.0 Å². The number of piperidine rings is 1. The Morgan fingerprint density at radius 1 is 1.12 bits per heavy atom. The number of aromatic amines is 1. The van der Waals surface area contributed by atoms with Crippen LogP contribution in [0, 0.1) is 0 Å². The minimum absolute atomic E-state index is 1.06. The maximum absolute atomic E-state index is 3.52. The fraction of sp³-hybridized carbons (Fsp3) is 0.429. The van der Waals surface area contributed by atoms with Gasteiger partial charge in [0.15, 0.2) is 0 Å². The van der Waals surface area contributed by atoms with Gasteiger partial charge < -0.3 is 4.98 Å². The quantitative estimate of drug-likeness (QED) is 0.889. The van der Waals surface area contributed by atoms with E-state index in [1.807, 2.05) is 0 Å². The molecule has 2 heterocycles. The van der Waals surface area contributed by atoms with Gasteiger partial charge in [-0.1, -0.05) is 22.4 Å². The maximum atomic E-state index is 3.52. The van der Waals surface area contributed by atoms with Gasteiger partial charge in [0.25, 0.3) is 0 Å². The Morgan fingerprint density at radius 3 is 2.76 bits per heavy atom. The molecule has 2 aromatic rings. The molecule has 0 bridgehead atoms. The van der Waals surface area contributed by atoms with Crippen molar-refractivity contribution in [1.29, 1.82) is 0 Å². The van der Waals surface area contributed by atoms with Gasteiger partial charge in [0.05, 0.1) is 0 Å². The highest BCUT2D eigenvalue weighted by Gasteiger charge is 2.11. The van der Waals surface area contributed by atoms with E-state index in [1.165, 1.54) is 48.9 Å². The molecule has 1 aliphatic rings. The molecule has 0 saturated carbocycles. The van der Waals surface area contributed by atoms with Gasteiger partial charge >= 0.3 is 0 Å². The van der Waals surface area contributed by atoms with Crippen molar-refractivity contribution in [2.45, 2.75) is 25.8 Å². The van der Waals surface area contributed by atoms with Crippen LogP contribution in [0.15, 0.2) is 28.7 Å². The summed E-state index contributed by atoms with van der Waals surface area (Å²) in [4.78, 5) is 6.05. The maximum Gasteiger partial charge on any atom is 0.0457 e. The van der Waals surface area contributed by atoms with Crippen molar-refractivity contribution in [2.75, 3.05) is 13.1 Å². The summed E-state index contributed by atoms with van der Waals surface area (Å²) in [5.74, 6) is 0. The normalized spacial score (nSPS) is 17.7. The topological polar surface area (TPSA) is 19.0 Å². The molecule has 1 aliphatic heterocycles. The Bertz CT molecular complexity index is 512. The first-order valence-corrected chi connectivity index (χ1v) is 7.10. The van der Waals surface area contributed by atoms with Gasteiger partial charge in [0, 0.05) is 27.6 Å². The minimum Gasteiger partial charge on any atom is -0.357 e. The number of hydrogen-bond donors (Lipinski definition) is 1. The van der Waals surface area contributed by atoms with E-state index in [0.29, 0.717) is 0 Å². The second kappa shape index (κ2) is 4.83. The minimum atomic E-state index is 1.06. The standard InChI is InChI=1S/C14H17BrN2/c15-12-4-5-14-11(8-12)9-13(16-14)10-17-6-2-1-3-7-17/h4-5,8-9,16H,1-3,6-7,10H2. The number of nitrogens with zero attached hydrogens (tertiary/aromatic N) is 1. The van der Waals surface area contributed by atoms with Crippen molar-refractivity contribution in [2.24, 2.45) is 0 Å². The van der Waals surface area contributed by atoms with Crippen LogP contribution in [0.3, 0.4) is 0 Å². The summed E-state index contributed by atoms with van der Waals surface area (Å²) in [5, 5.41) is 1.30. The molecule has 0 atom stereocenters. The summed E-state index contributed by atoms with van der Waals surface area (Å²) in [7, 11) is 0. The highest BCUT2D eigenvalue weighted by Crippen LogP contribution is 2.21. The summed E-state index contributed by atoms with van der Waals surface area (Å²) < 4.78 is 1.15. The fourth-order valence-corrected chi connectivity index (χ4v) is 2.99. The van der Waals surface area contributed by atoms with Gasteiger partial charge in [-0.15, -0.1) is 0 Å². The zero-order valence-corrected chi connectivity index (χ0v) is 11.5. The van der Waals surface area contributed by atoms with Gasteiger partial charge in [-0.05, 0) is 50.2 Å². The average molecular weight is 293 g/mol. The van der Waals surface area contributed by atoms with Crippen LogP contribution >= 0.6 is 15.9 Å².